The van der Waals surface area contributed by atoms with E-state index < -0.39 is 32.5 Å². The van der Waals surface area contributed by atoms with Crippen molar-refractivity contribution in [3.63, 3.8) is 0 Å². The van der Waals surface area contributed by atoms with Crippen LogP contribution in [0.4, 0.5) is 5.69 Å². The Kier molecular flexibility index (Phi) is 8.91. The van der Waals surface area contributed by atoms with Crippen LogP contribution in [-0.2, 0) is 31.3 Å². The molecule has 1 N–H and O–H groups in total. The second kappa shape index (κ2) is 11.6. The van der Waals surface area contributed by atoms with E-state index in [0.29, 0.717) is 23.2 Å². The lowest BCUT2D eigenvalue weighted by atomic mass is 10.1. The first-order valence-electron chi connectivity index (χ1n) is 11.8. The van der Waals surface area contributed by atoms with E-state index in [9.17, 15) is 21.6 Å². The Morgan fingerprint density at radius 2 is 1.46 bits per heavy atom. The van der Waals surface area contributed by atoms with Crippen LogP contribution in [0.15, 0.2) is 76.5 Å². The Labute approximate surface area is 220 Å². The molecule has 0 unspecified atom stereocenters. The molecule has 0 aliphatic heterocycles. The zero-order valence-electron chi connectivity index (χ0n) is 21.7. The zero-order chi connectivity index (χ0) is 27.4. The highest BCUT2D eigenvalue weighted by Gasteiger charge is 2.28. The summed E-state index contributed by atoms with van der Waals surface area (Å²) in [7, 11) is -4.85. The third kappa shape index (κ3) is 6.84. The van der Waals surface area contributed by atoms with Crippen molar-refractivity contribution in [2.45, 2.75) is 37.0 Å². The van der Waals surface area contributed by atoms with Gasteiger partial charge in [0.2, 0.25) is 26.0 Å². The highest BCUT2D eigenvalue weighted by atomic mass is 32.2. The maximum atomic E-state index is 13.7. The predicted molar refractivity (Wildman–Crippen MR) is 146 cm³/mol. The number of amides is 1. The largest absolute Gasteiger partial charge is 0.325 e. The van der Waals surface area contributed by atoms with E-state index in [2.05, 4.69) is 5.32 Å². The van der Waals surface area contributed by atoms with Crippen LogP contribution in [-0.4, -0.2) is 58.5 Å². The van der Waals surface area contributed by atoms with E-state index >= 15 is 0 Å². The molecule has 3 rings (SSSR count). The van der Waals surface area contributed by atoms with Crippen LogP contribution in [0, 0.1) is 20.8 Å². The quantitative estimate of drug-likeness (QED) is 0.420. The summed E-state index contributed by atoms with van der Waals surface area (Å²) in [6.07, 6.45) is 0.424. The Balaban J connectivity index is 1.91. The van der Waals surface area contributed by atoms with Crippen LogP contribution < -0.4 is 5.32 Å². The van der Waals surface area contributed by atoms with Gasteiger partial charge in [-0.2, -0.15) is 4.31 Å². The highest BCUT2D eigenvalue weighted by molar-refractivity contribution is 7.89. The van der Waals surface area contributed by atoms with E-state index in [0.717, 1.165) is 15.4 Å². The van der Waals surface area contributed by atoms with Gasteiger partial charge in [0, 0.05) is 26.3 Å². The number of nitrogens with one attached hydrogen (secondary N) is 1. The molecule has 0 radical (unpaired) electrons. The molecule has 0 aliphatic carbocycles. The molecular formula is C27H33N3O5S2. The third-order valence-electron chi connectivity index (χ3n) is 6.04. The lowest BCUT2D eigenvalue weighted by Crippen LogP contribution is -2.39. The average molecular weight is 544 g/mol. The Hall–Kier alpha value is -3.05. The number of carbonyl (C=O) groups is 1. The first-order valence-corrected chi connectivity index (χ1v) is 14.6. The summed E-state index contributed by atoms with van der Waals surface area (Å²) in [5, 5.41) is 2.71. The smallest absolute Gasteiger partial charge is 0.243 e. The monoisotopic (exact) mass is 543 g/mol. The second-order valence-electron chi connectivity index (χ2n) is 9.16. The predicted octanol–water partition coefficient (Wildman–Crippen LogP) is 3.73. The van der Waals surface area contributed by atoms with Crippen molar-refractivity contribution in [1.29, 1.82) is 0 Å². The number of anilines is 1. The standard InChI is InChI=1S/C27H33N3O5S2/c1-20-11-12-22(3)26(17-20)37(34,35)30(16-15-23-9-7-6-8-10-23)19-27(31)28-25-18-24(14-13-21(25)2)36(32,33)29(4)5/h6-14,17-18H,15-16,19H2,1-5H3,(H,28,31). The number of aryl methyl sites for hydroxylation is 3. The van der Waals surface area contributed by atoms with Crippen molar-refractivity contribution < 1.29 is 21.6 Å². The summed E-state index contributed by atoms with van der Waals surface area (Å²) in [6.45, 7) is 4.95. The van der Waals surface area contributed by atoms with Gasteiger partial charge in [0.15, 0.2) is 0 Å². The maximum Gasteiger partial charge on any atom is 0.243 e. The van der Waals surface area contributed by atoms with Gasteiger partial charge in [-0.05, 0) is 67.6 Å². The minimum Gasteiger partial charge on any atom is -0.325 e. The van der Waals surface area contributed by atoms with Crippen LogP contribution in [0.25, 0.3) is 0 Å². The van der Waals surface area contributed by atoms with Crippen molar-refractivity contribution in [2.24, 2.45) is 0 Å². The molecule has 198 valence electrons. The summed E-state index contributed by atoms with van der Waals surface area (Å²) in [6, 6.07) is 19.1. The fraction of sp³-hybridized carbons (Fsp3) is 0.296. The fourth-order valence-electron chi connectivity index (χ4n) is 3.76. The average Bonchev–Trinajstić information content (AvgIpc) is 2.84. The molecule has 0 spiro atoms. The lowest BCUT2D eigenvalue weighted by Gasteiger charge is -2.23. The number of hydrogen-bond acceptors (Lipinski definition) is 5. The SMILES string of the molecule is Cc1ccc(C)c(S(=O)(=O)N(CCc2ccccc2)CC(=O)Nc2cc(S(=O)(=O)N(C)C)ccc2C)c1. The molecule has 0 saturated carbocycles. The van der Waals surface area contributed by atoms with Gasteiger partial charge in [0.1, 0.15) is 0 Å². The van der Waals surface area contributed by atoms with Gasteiger partial charge in [-0.1, -0.05) is 48.5 Å². The van der Waals surface area contributed by atoms with E-state index in [1.54, 1.807) is 32.0 Å². The molecule has 0 saturated heterocycles. The highest BCUT2D eigenvalue weighted by Crippen LogP contribution is 2.24. The first kappa shape index (κ1) is 28.5. The van der Waals surface area contributed by atoms with Gasteiger partial charge in [-0.25, -0.2) is 21.1 Å². The number of benzene rings is 3. The molecular weight excluding hydrogens is 510 g/mol. The van der Waals surface area contributed by atoms with E-state index in [-0.39, 0.29) is 16.3 Å². The molecule has 3 aromatic carbocycles. The van der Waals surface area contributed by atoms with E-state index in [1.165, 1.54) is 30.5 Å². The number of rotatable bonds is 10. The van der Waals surface area contributed by atoms with Gasteiger partial charge in [-0.15, -0.1) is 0 Å². The van der Waals surface area contributed by atoms with E-state index in [1.807, 2.05) is 43.3 Å². The first-order chi connectivity index (χ1) is 17.3. The Bertz CT molecular complexity index is 1490. The van der Waals surface area contributed by atoms with Crippen LogP contribution in [0.3, 0.4) is 0 Å². The van der Waals surface area contributed by atoms with Crippen molar-refractivity contribution in [3.8, 4) is 0 Å². The molecule has 0 bridgehead atoms. The molecule has 10 heteroatoms. The summed E-state index contributed by atoms with van der Waals surface area (Å²) >= 11 is 0. The van der Waals surface area contributed by atoms with Crippen molar-refractivity contribution in [1.82, 2.24) is 8.61 Å². The van der Waals surface area contributed by atoms with Crippen molar-refractivity contribution >= 4 is 31.6 Å². The van der Waals surface area contributed by atoms with Gasteiger partial charge >= 0.3 is 0 Å². The normalized spacial score (nSPS) is 12.2. The van der Waals surface area contributed by atoms with Crippen molar-refractivity contribution in [3.05, 3.63) is 89.0 Å². The van der Waals surface area contributed by atoms with E-state index in [4.69, 9.17) is 0 Å². The van der Waals surface area contributed by atoms with Gasteiger partial charge in [0.05, 0.1) is 16.3 Å². The minimum atomic E-state index is -3.99. The van der Waals surface area contributed by atoms with Crippen molar-refractivity contribution in [2.75, 3.05) is 32.5 Å². The Morgan fingerprint density at radius 1 is 0.811 bits per heavy atom. The number of sulfonamides is 2. The molecule has 8 nitrogen and oxygen atoms in total. The number of hydrogen-bond donors (Lipinski definition) is 1. The summed E-state index contributed by atoms with van der Waals surface area (Å²) < 4.78 is 54.8. The molecule has 3 aromatic rings. The van der Waals surface area contributed by atoms with Crippen LogP contribution in [0.1, 0.15) is 22.3 Å². The third-order valence-corrected chi connectivity index (χ3v) is 9.83. The topological polar surface area (TPSA) is 104 Å². The molecule has 1 amide bonds. The molecule has 0 aliphatic rings. The van der Waals surface area contributed by atoms with Gasteiger partial charge < -0.3 is 5.32 Å². The van der Waals surface area contributed by atoms with Gasteiger partial charge in [0.25, 0.3) is 0 Å². The summed E-state index contributed by atoms with van der Waals surface area (Å²) in [5.41, 5.74) is 3.29. The summed E-state index contributed by atoms with van der Waals surface area (Å²) in [5.74, 6) is -0.565. The maximum absolute atomic E-state index is 13.7. The molecule has 0 atom stereocenters. The summed E-state index contributed by atoms with van der Waals surface area (Å²) in [4.78, 5) is 13.3. The molecule has 0 heterocycles. The minimum absolute atomic E-state index is 0.0299. The second-order valence-corrected chi connectivity index (χ2v) is 13.2. The molecule has 0 aromatic heterocycles. The van der Waals surface area contributed by atoms with Crippen LogP contribution in [0.2, 0.25) is 0 Å². The van der Waals surface area contributed by atoms with Crippen LogP contribution in [0.5, 0.6) is 0 Å². The Morgan fingerprint density at radius 3 is 2.11 bits per heavy atom. The number of nitrogens with zero attached hydrogens (tertiary/aromatic N) is 2. The van der Waals surface area contributed by atoms with Gasteiger partial charge in [-0.3, -0.25) is 4.79 Å². The molecule has 0 fully saturated rings. The molecule has 37 heavy (non-hydrogen) atoms. The lowest BCUT2D eigenvalue weighted by molar-refractivity contribution is -0.116. The van der Waals surface area contributed by atoms with Crippen LogP contribution >= 0.6 is 0 Å². The zero-order valence-corrected chi connectivity index (χ0v) is 23.4. The fourth-order valence-corrected chi connectivity index (χ4v) is 6.40. The number of carbonyl (C=O) groups excluding carboxylic acids is 1.